The zero-order valence-electron chi connectivity index (χ0n) is 18.9. The van der Waals surface area contributed by atoms with Crippen molar-refractivity contribution in [3.8, 4) is 23.0 Å². The largest absolute Gasteiger partial charge is 0.494 e. The molecule has 8 nitrogen and oxygen atoms in total. The van der Waals surface area contributed by atoms with Crippen molar-refractivity contribution in [3.63, 3.8) is 0 Å². The van der Waals surface area contributed by atoms with Gasteiger partial charge in [-0.15, -0.1) is 0 Å². The molecule has 0 unspecified atom stereocenters. The van der Waals surface area contributed by atoms with Gasteiger partial charge in [0.25, 0.3) is 5.95 Å². The summed E-state index contributed by atoms with van der Waals surface area (Å²) in [5.41, 5.74) is 2.32. The van der Waals surface area contributed by atoms with Gasteiger partial charge in [0.2, 0.25) is 0 Å². The molecule has 0 bridgehead atoms. The molecular weight excluding hydrogens is 422 g/mol. The second kappa shape index (κ2) is 10.1. The first-order chi connectivity index (χ1) is 16.2. The van der Waals surface area contributed by atoms with Crippen molar-refractivity contribution >= 4 is 22.5 Å². The van der Waals surface area contributed by atoms with Crippen molar-refractivity contribution in [1.82, 2.24) is 9.97 Å². The van der Waals surface area contributed by atoms with Gasteiger partial charge in [-0.1, -0.05) is 30.3 Å². The number of aromatic nitrogens is 2. The number of anilines is 2. The summed E-state index contributed by atoms with van der Waals surface area (Å²) < 4.78 is 22.4. The van der Waals surface area contributed by atoms with Gasteiger partial charge in [-0.2, -0.15) is 5.06 Å². The van der Waals surface area contributed by atoms with Crippen LogP contribution in [0.5, 0.6) is 23.0 Å². The molecule has 0 atom stereocenters. The van der Waals surface area contributed by atoms with Gasteiger partial charge in [-0.3, -0.25) is 4.84 Å². The summed E-state index contributed by atoms with van der Waals surface area (Å²) in [5, 5.41) is 2.46. The number of rotatable bonds is 9. The fourth-order valence-electron chi connectivity index (χ4n) is 3.49. The highest BCUT2D eigenvalue weighted by Gasteiger charge is 2.19. The van der Waals surface area contributed by atoms with Crippen molar-refractivity contribution in [2.45, 2.75) is 6.61 Å². The molecule has 0 aliphatic heterocycles. The molecule has 0 spiro atoms. The van der Waals surface area contributed by atoms with Gasteiger partial charge in [0, 0.05) is 23.2 Å². The molecule has 170 valence electrons. The number of hydrogen-bond acceptors (Lipinski definition) is 8. The number of hydrogen-bond donors (Lipinski definition) is 0. The first-order valence-corrected chi connectivity index (χ1v) is 10.2. The van der Waals surface area contributed by atoms with Crippen molar-refractivity contribution < 1.29 is 23.8 Å². The van der Waals surface area contributed by atoms with Gasteiger partial charge in [0.1, 0.15) is 23.8 Å². The summed E-state index contributed by atoms with van der Waals surface area (Å²) in [4.78, 5) is 14.6. The zero-order chi connectivity index (χ0) is 23.2. The fraction of sp³-hybridized carbons (Fsp3) is 0.200. The third kappa shape index (κ3) is 4.61. The van der Waals surface area contributed by atoms with Crippen molar-refractivity contribution in [2.24, 2.45) is 0 Å². The smallest absolute Gasteiger partial charge is 0.255 e. The van der Waals surface area contributed by atoms with E-state index in [4.69, 9.17) is 23.8 Å². The molecule has 0 amide bonds. The number of benzene rings is 3. The Hall–Kier alpha value is -4.04. The monoisotopic (exact) mass is 447 g/mol. The second-order valence-electron chi connectivity index (χ2n) is 6.98. The molecule has 0 N–H and O–H groups in total. The molecular formula is C25H25N3O5. The Bertz CT molecular complexity index is 1250. The van der Waals surface area contributed by atoms with Gasteiger partial charge in [0.05, 0.1) is 34.0 Å². The molecule has 0 radical (unpaired) electrons. The fourth-order valence-corrected chi connectivity index (χ4v) is 3.49. The van der Waals surface area contributed by atoms with Crippen LogP contribution in [0.1, 0.15) is 5.56 Å². The van der Waals surface area contributed by atoms with Crippen LogP contribution in [-0.4, -0.2) is 38.4 Å². The highest BCUT2D eigenvalue weighted by atomic mass is 16.7. The summed E-state index contributed by atoms with van der Waals surface area (Å²) in [6.45, 7) is 0.296. The molecule has 4 rings (SSSR count). The van der Waals surface area contributed by atoms with Crippen molar-refractivity contribution in [3.05, 3.63) is 72.4 Å². The predicted molar refractivity (Wildman–Crippen MR) is 126 cm³/mol. The maximum absolute atomic E-state index is 6.00. The standard InChI is InChI=1S/C25H25N3O5/c1-29-22-11-7-9-18(24(22)31-3)16-33-19-12-13-21(23(14-19)30-2)28(32-4)25-26-15-17-8-5-6-10-20(17)27-25/h5-15H,16H2,1-4H3. The summed E-state index contributed by atoms with van der Waals surface area (Å²) in [6, 6.07) is 18.9. The molecule has 0 saturated carbocycles. The molecule has 8 heteroatoms. The molecule has 1 heterocycles. The molecule has 33 heavy (non-hydrogen) atoms. The molecule has 3 aromatic carbocycles. The number of fused-ring (bicyclic) bond motifs is 1. The first kappa shape index (κ1) is 22.2. The van der Waals surface area contributed by atoms with Crippen LogP contribution in [0.25, 0.3) is 10.9 Å². The van der Waals surface area contributed by atoms with Gasteiger partial charge < -0.3 is 18.9 Å². The normalized spacial score (nSPS) is 10.7. The van der Waals surface area contributed by atoms with E-state index in [1.807, 2.05) is 54.6 Å². The van der Waals surface area contributed by atoms with Crippen molar-refractivity contribution in [1.29, 1.82) is 0 Å². The van der Waals surface area contributed by atoms with Crippen LogP contribution < -0.4 is 24.0 Å². The quantitative estimate of drug-likeness (QED) is 0.334. The number of nitrogens with zero attached hydrogens (tertiary/aromatic N) is 3. The van der Waals surface area contributed by atoms with Crippen LogP contribution in [0.15, 0.2) is 66.9 Å². The Morgan fingerprint density at radius 2 is 1.64 bits per heavy atom. The molecule has 0 saturated heterocycles. The summed E-state index contributed by atoms with van der Waals surface area (Å²) >= 11 is 0. The average Bonchev–Trinajstić information content (AvgIpc) is 2.87. The zero-order valence-corrected chi connectivity index (χ0v) is 18.9. The SMILES string of the molecule is COc1cc(OCc2cccc(OC)c2OC)ccc1N(OC)c1ncc2ccccc2n1. The molecule has 4 aromatic rings. The Morgan fingerprint density at radius 3 is 2.39 bits per heavy atom. The van der Waals surface area contributed by atoms with Crippen LogP contribution >= 0.6 is 0 Å². The van der Waals surface area contributed by atoms with Gasteiger partial charge in [-0.05, 0) is 24.3 Å². The minimum absolute atomic E-state index is 0.296. The maximum Gasteiger partial charge on any atom is 0.255 e. The predicted octanol–water partition coefficient (Wildman–Crippen LogP) is 4.93. The Kier molecular flexibility index (Phi) is 6.75. The van der Waals surface area contributed by atoms with E-state index < -0.39 is 0 Å². The second-order valence-corrected chi connectivity index (χ2v) is 6.98. The lowest BCUT2D eigenvalue weighted by Crippen LogP contribution is -2.18. The van der Waals surface area contributed by atoms with Crippen molar-refractivity contribution in [2.75, 3.05) is 33.5 Å². The maximum atomic E-state index is 6.00. The Labute approximate surface area is 192 Å². The summed E-state index contributed by atoms with van der Waals surface area (Å²) in [7, 11) is 6.35. The van der Waals surface area contributed by atoms with Gasteiger partial charge in [0.15, 0.2) is 11.5 Å². The van der Waals surface area contributed by atoms with Crippen LogP contribution in [0.4, 0.5) is 11.6 Å². The molecule has 0 aliphatic carbocycles. The molecule has 0 fully saturated rings. The van der Waals surface area contributed by atoms with E-state index in [-0.39, 0.29) is 0 Å². The topological polar surface area (TPSA) is 75.2 Å². The lowest BCUT2D eigenvalue weighted by molar-refractivity contribution is 0.194. The van der Waals surface area contributed by atoms with Crippen LogP contribution in [-0.2, 0) is 11.4 Å². The molecule has 1 aromatic heterocycles. The van der Waals surface area contributed by atoms with E-state index in [1.165, 1.54) is 5.06 Å². The Morgan fingerprint density at radius 1 is 0.818 bits per heavy atom. The average molecular weight is 447 g/mol. The Balaban J connectivity index is 1.59. The summed E-state index contributed by atoms with van der Waals surface area (Å²) in [6.07, 6.45) is 1.76. The van der Waals surface area contributed by atoms with Gasteiger partial charge in [-0.25, -0.2) is 9.97 Å². The van der Waals surface area contributed by atoms with E-state index in [9.17, 15) is 0 Å². The lowest BCUT2D eigenvalue weighted by atomic mass is 10.2. The third-order valence-electron chi connectivity index (χ3n) is 5.09. The van der Waals surface area contributed by atoms with Crippen LogP contribution in [0.2, 0.25) is 0 Å². The lowest BCUT2D eigenvalue weighted by Gasteiger charge is -2.22. The van der Waals surface area contributed by atoms with Crippen LogP contribution in [0, 0.1) is 0 Å². The van der Waals surface area contributed by atoms with E-state index in [2.05, 4.69) is 9.97 Å². The third-order valence-corrected chi connectivity index (χ3v) is 5.09. The highest BCUT2D eigenvalue weighted by Crippen LogP contribution is 2.37. The molecule has 0 aliphatic rings. The van der Waals surface area contributed by atoms with Crippen LogP contribution in [0.3, 0.4) is 0 Å². The van der Waals surface area contributed by atoms with E-state index >= 15 is 0 Å². The highest BCUT2D eigenvalue weighted by molar-refractivity contribution is 5.79. The number of para-hydroxylation sites is 2. The minimum Gasteiger partial charge on any atom is -0.494 e. The van der Waals surface area contributed by atoms with E-state index in [1.54, 1.807) is 40.7 Å². The summed E-state index contributed by atoms with van der Waals surface area (Å²) in [5.74, 6) is 2.85. The van der Waals surface area contributed by atoms with Gasteiger partial charge >= 0.3 is 0 Å². The minimum atomic E-state index is 0.296. The number of ether oxygens (including phenoxy) is 4. The van der Waals surface area contributed by atoms with E-state index in [0.29, 0.717) is 41.2 Å². The van der Waals surface area contributed by atoms with E-state index in [0.717, 1.165) is 16.5 Å². The number of methoxy groups -OCH3 is 3. The first-order valence-electron chi connectivity index (χ1n) is 10.2.